The Hall–Kier alpha value is -0.0800. The lowest BCUT2D eigenvalue weighted by molar-refractivity contribution is 0.0954. The van der Waals surface area contributed by atoms with Crippen molar-refractivity contribution in [1.29, 1.82) is 0 Å². The van der Waals surface area contributed by atoms with Gasteiger partial charge in [0.1, 0.15) is 0 Å². The summed E-state index contributed by atoms with van der Waals surface area (Å²) < 4.78 is 0. The molecule has 1 aliphatic heterocycles. The Labute approximate surface area is 120 Å². The summed E-state index contributed by atoms with van der Waals surface area (Å²) >= 11 is 0. The molecule has 2 heteroatoms. The normalized spacial score (nSPS) is 33.5. The van der Waals surface area contributed by atoms with Crippen LogP contribution in [0.3, 0.4) is 0 Å². The molecule has 0 spiro atoms. The van der Waals surface area contributed by atoms with Crippen molar-refractivity contribution in [2.75, 3.05) is 19.6 Å². The predicted octanol–water partition coefficient (Wildman–Crippen LogP) is 3.52. The van der Waals surface area contributed by atoms with Crippen molar-refractivity contribution >= 4 is 0 Å². The van der Waals surface area contributed by atoms with Gasteiger partial charge in [-0.3, -0.25) is 4.90 Å². The average Bonchev–Trinajstić information content (AvgIpc) is 2.85. The zero-order valence-electron chi connectivity index (χ0n) is 13.5. The second-order valence-corrected chi connectivity index (χ2v) is 7.47. The third-order valence-corrected chi connectivity index (χ3v) is 5.24. The van der Waals surface area contributed by atoms with Crippen LogP contribution in [0.4, 0.5) is 0 Å². The van der Waals surface area contributed by atoms with E-state index in [1.807, 2.05) is 0 Å². The highest BCUT2D eigenvalue weighted by molar-refractivity contribution is 4.89. The van der Waals surface area contributed by atoms with Crippen molar-refractivity contribution in [3.8, 4) is 0 Å². The van der Waals surface area contributed by atoms with Gasteiger partial charge in [0.15, 0.2) is 0 Å². The second-order valence-electron chi connectivity index (χ2n) is 7.47. The van der Waals surface area contributed by atoms with Crippen LogP contribution < -0.4 is 5.32 Å². The second kappa shape index (κ2) is 7.08. The van der Waals surface area contributed by atoms with E-state index in [4.69, 9.17) is 0 Å². The van der Waals surface area contributed by atoms with E-state index >= 15 is 0 Å². The molecule has 0 bridgehead atoms. The Morgan fingerprint density at radius 2 is 1.79 bits per heavy atom. The molecule has 0 aromatic carbocycles. The molecule has 1 saturated heterocycles. The summed E-state index contributed by atoms with van der Waals surface area (Å²) in [4.78, 5) is 2.83. The van der Waals surface area contributed by atoms with Crippen LogP contribution in [0.5, 0.6) is 0 Å². The lowest BCUT2D eigenvalue weighted by Crippen LogP contribution is -2.43. The number of nitrogens with one attached hydrogen (secondary N) is 1. The standard InChI is InChI=1S/C17H34N2/c1-13(2)16-7-5-6-8-17(16)19-10-9-15(12-19)11-18-14(3)4/h13-18H,5-12H2,1-4H3. The molecule has 1 heterocycles. The van der Waals surface area contributed by atoms with Crippen LogP contribution in [0.15, 0.2) is 0 Å². The summed E-state index contributed by atoms with van der Waals surface area (Å²) in [5, 5.41) is 3.62. The van der Waals surface area contributed by atoms with E-state index < -0.39 is 0 Å². The molecular formula is C17H34N2. The summed E-state index contributed by atoms with van der Waals surface area (Å²) in [7, 11) is 0. The molecule has 112 valence electrons. The van der Waals surface area contributed by atoms with E-state index in [9.17, 15) is 0 Å². The first kappa shape index (κ1) is 15.3. The third kappa shape index (κ3) is 4.19. The molecular weight excluding hydrogens is 232 g/mol. The molecule has 0 amide bonds. The Morgan fingerprint density at radius 3 is 2.47 bits per heavy atom. The summed E-state index contributed by atoms with van der Waals surface area (Å²) in [5.74, 6) is 2.70. The van der Waals surface area contributed by atoms with Gasteiger partial charge in [0.25, 0.3) is 0 Å². The molecule has 1 aliphatic carbocycles. The quantitative estimate of drug-likeness (QED) is 0.819. The smallest absolute Gasteiger partial charge is 0.0126 e. The van der Waals surface area contributed by atoms with Crippen LogP contribution in [0.25, 0.3) is 0 Å². The van der Waals surface area contributed by atoms with Gasteiger partial charge in [-0.2, -0.15) is 0 Å². The molecule has 2 fully saturated rings. The van der Waals surface area contributed by atoms with E-state index in [1.54, 1.807) is 0 Å². The fourth-order valence-corrected chi connectivity index (χ4v) is 4.10. The van der Waals surface area contributed by atoms with E-state index in [0.29, 0.717) is 6.04 Å². The zero-order chi connectivity index (χ0) is 13.8. The van der Waals surface area contributed by atoms with Gasteiger partial charge < -0.3 is 5.32 Å². The van der Waals surface area contributed by atoms with Crippen LogP contribution in [0, 0.1) is 17.8 Å². The van der Waals surface area contributed by atoms with Crippen molar-refractivity contribution in [3.63, 3.8) is 0 Å². The topological polar surface area (TPSA) is 15.3 Å². The highest BCUT2D eigenvalue weighted by atomic mass is 15.2. The van der Waals surface area contributed by atoms with Gasteiger partial charge in [-0.15, -0.1) is 0 Å². The Bertz CT molecular complexity index is 262. The molecule has 2 rings (SSSR count). The summed E-state index contributed by atoms with van der Waals surface area (Å²) in [6.45, 7) is 13.3. The molecule has 3 atom stereocenters. The van der Waals surface area contributed by atoms with Crippen LogP contribution in [0.2, 0.25) is 0 Å². The third-order valence-electron chi connectivity index (χ3n) is 5.24. The van der Waals surface area contributed by atoms with Gasteiger partial charge in [0.2, 0.25) is 0 Å². The molecule has 19 heavy (non-hydrogen) atoms. The molecule has 0 aromatic heterocycles. The number of nitrogens with zero attached hydrogens (tertiary/aromatic N) is 1. The van der Waals surface area contributed by atoms with Crippen LogP contribution in [-0.2, 0) is 0 Å². The van der Waals surface area contributed by atoms with E-state index in [2.05, 4.69) is 37.9 Å². The van der Waals surface area contributed by atoms with Crippen LogP contribution in [0.1, 0.15) is 59.8 Å². The molecule has 0 radical (unpaired) electrons. The van der Waals surface area contributed by atoms with Gasteiger partial charge in [-0.1, -0.05) is 40.5 Å². The summed E-state index contributed by atoms with van der Waals surface area (Å²) in [6, 6.07) is 1.52. The van der Waals surface area contributed by atoms with Crippen molar-refractivity contribution in [2.24, 2.45) is 17.8 Å². The average molecular weight is 266 g/mol. The first-order valence-corrected chi connectivity index (χ1v) is 8.55. The van der Waals surface area contributed by atoms with Gasteiger partial charge >= 0.3 is 0 Å². The fourth-order valence-electron chi connectivity index (χ4n) is 4.10. The first-order chi connectivity index (χ1) is 9.08. The fraction of sp³-hybridized carbons (Fsp3) is 1.00. The van der Waals surface area contributed by atoms with Crippen LogP contribution in [-0.4, -0.2) is 36.6 Å². The van der Waals surface area contributed by atoms with Crippen molar-refractivity contribution in [1.82, 2.24) is 10.2 Å². The predicted molar refractivity (Wildman–Crippen MR) is 83.4 cm³/mol. The van der Waals surface area contributed by atoms with Gasteiger partial charge in [0, 0.05) is 18.6 Å². The van der Waals surface area contributed by atoms with E-state index in [-0.39, 0.29) is 0 Å². The Morgan fingerprint density at radius 1 is 1.05 bits per heavy atom. The Balaban J connectivity index is 1.84. The summed E-state index contributed by atoms with van der Waals surface area (Å²) in [6.07, 6.45) is 7.24. The molecule has 1 saturated carbocycles. The largest absolute Gasteiger partial charge is 0.314 e. The monoisotopic (exact) mass is 266 g/mol. The summed E-state index contributed by atoms with van der Waals surface area (Å²) in [5.41, 5.74) is 0. The van der Waals surface area contributed by atoms with Crippen LogP contribution >= 0.6 is 0 Å². The zero-order valence-corrected chi connectivity index (χ0v) is 13.5. The SMILES string of the molecule is CC(C)NCC1CCN(C2CCCCC2C(C)C)C1. The van der Waals surface area contributed by atoms with E-state index in [1.165, 1.54) is 51.7 Å². The first-order valence-electron chi connectivity index (χ1n) is 8.55. The van der Waals surface area contributed by atoms with Gasteiger partial charge in [-0.25, -0.2) is 0 Å². The lowest BCUT2D eigenvalue weighted by Gasteiger charge is -2.40. The van der Waals surface area contributed by atoms with Crippen molar-refractivity contribution < 1.29 is 0 Å². The minimum absolute atomic E-state index is 0.632. The number of hydrogen-bond acceptors (Lipinski definition) is 2. The maximum absolute atomic E-state index is 3.62. The molecule has 3 unspecified atom stereocenters. The minimum Gasteiger partial charge on any atom is -0.314 e. The van der Waals surface area contributed by atoms with Gasteiger partial charge in [0.05, 0.1) is 0 Å². The van der Waals surface area contributed by atoms with E-state index in [0.717, 1.165) is 23.8 Å². The van der Waals surface area contributed by atoms with Crippen molar-refractivity contribution in [2.45, 2.75) is 71.9 Å². The highest BCUT2D eigenvalue weighted by Gasteiger charge is 2.35. The number of hydrogen-bond donors (Lipinski definition) is 1. The van der Waals surface area contributed by atoms with Crippen molar-refractivity contribution in [3.05, 3.63) is 0 Å². The molecule has 0 aromatic rings. The number of likely N-dealkylation sites (tertiary alicyclic amines) is 1. The number of rotatable bonds is 5. The lowest BCUT2D eigenvalue weighted by atomic mass is 9.77. The minimum atomic E-state index is 0.632. The molecule has 2 nitrogen and oxygen atoms in total. The maximum atomic E-state index is 3.62. The Kier molecular flexibility index (Phi) is 5.70. The maximum Gasteiger partial charge on any atom is 0.0126 e. The van der Waals surface area contributed by atoms with Gasteiger partial charge in [-0.05, 0) is 50.1 Å². The highest BCUT2D eigenvalue weighted by Crippen LogP contribution is 2.35. The molecule has 2 aliphatic rings. The molecule has 1 N–H and O–H groups in total.